The van der Waals surface area contributed by atoms with Crippen molar-refractivity contribution in [3.8, 4) is 0 Å². The third kappa shape index (κ3) is 8.58. The highest BCUT2D eigenvalue weighted by molar-refractivity contribution is 6.02. The normalized spacial score (nSPS) is 15.7. The molecule has 3 rings (SSSR count). The Balaban J connectivity index is 1.53. The van der Waals surface area contributed by atoms with Crippen LogP contribution < -0.4 is 15.5 Å². The first kappa shape index (κ1) is 28.6. The minimum absolute atomic E-state index is 0.180. The number of anilines is 1. The summed E-state index contributed by atoms with van der Waals surface area (Å²) >= 11 is 0. The fourth-order valence-electron chi connectivity index (χ4n) is 4.36. The molecule has 204 valence electrons. The van der Waals surface area contributed by atoms with Crippen LogP contribution in [0, 0.1) is 0 Å². The van der Waals surface area contributed by atoms with Crippen LogP contribution in [0.1, 0.15) is 43.7 Å². The van der Waals surface area contributed by atoms with Gasteiger partial charge in [-0.1, -0.05) is 48.5 Å². The predicted octanol–water partition coefficient (Wildman–Crippen LogP) is 3.04. The first-order valence-electron chi connectivity index (χ1n) is 12.9. The molecular weight excluding hydrogens is 490 g/mol. The molecule has 2 aromatic rings. The van der Waals surface area contributed by atoms with Gasteiger partial charge in [0.2, 0.25) is 5.91 Å². The largest absolute Gasteiger partial charge is 0.480 e. The van der Waals surface area contributed by atoms with Crippen LogP contribution in [0.5, 0.6) is 0 Å². The Hall–Kier alpha value is -3.92. The number of benzene rings is 2. The van der Waals surface area contributed by atoms with Crippen LogP contribution in [0.3, 0.4) is 0 Å². The molecule has 0 bridgehead atoms. The lowest BCUT2D eigenvalue weighted by atomic mass is 10.0. The quantitative estimate of drug-likeness (QED) is 0.268. The topological polar surface area (TPSA) is 134 Å². The highest BCUT2D eigenvalue weighted by Gasteiger charge is 2.34. The van der Waals surface area contributed by atoms with Crippen molar-refractivity contribution >= 4 is 29.6 Å². The predicted molar refractivity (Wildman–Crippen MR) is 141 cm³/mol. The van der Waals surface area contributed by atoms with E-state index in [9.17, 15) is 24.3 Å². The van der Waals surface area contributed by atoms with Crippen molar-refractivity contribution in [1.82, 2.24) is 10.6 Å². The van der Waals surface area contributed by atoms with Gasteiger partial charge < -0.3 is 19.9 Å². The van der Waals surface area contributed by atoms with Crippen molar-refractivity contribution in [2.24, 2.45) is 0 Å². The minimum atomic E-state index is -1.12. The van der Waals surface area contributed by atoms with Crippen LogP contribution >= 0.6 is 0 Å². The average Bonchev–Trinajstić information content (AvgIpc) is 3.03. The van der Waals surface area contributed by atoms with E-state index in [0.717, 1.165) is 11.1 Å². The second kappa shape index (κ2) is 14.7. The molecule has 1 aliphatic rings. The summed E-state index contributed by atoms with van der Waals surface area (Å²) in [5.74, 6) is -1.98. The van der Waals surface area contributed by atoms with Gasteiger partial charge in [-0.2, -0.15) is 0 Å². The zero-order chi connectivity index (χ0) is 27.3. The summed E-state index contributed by atoms with van der Waals surface area (Å²) in [6.07, 6.45) is 2.01. The molecule has 2 atom stereocenters. The third-order valence-corrected chi connectivity index (χ3v) is 6.22. The number of aryl methyl sites for hydroxylation is 1. The number of nitrogens with zero attached hydrogens (tertiary/aromatic N) is 1. The number of carbonyl (C=O) groups is 4. The minimum Gasteiger partial charge on any atom is -0.480 e. The van der Waals surface area contributed by atoms with Crippen LogP contribution in [0.25, 0.3) is 0 Å². The van der Waals surface area contributed by atoms with Crippen LogP contribution in [0.2, 0.25) is 0 Å². The summed E-state index contributed by atoms with van der Waals surface area (Å²) < 4.78 is 10.4. The van der Waals surface area contributed by atoms with E-state index in [4.69, 9.17) is 9.47 Å². The lowest BCUT2D eigenvalue weighted by Gasteiger charge is -2.27. The lowest BCUT2D eigenvalue weighted by Crippen LogP contribution is -2.53. The summed E-state index contributed by atoms with van der Waals surface area (Å²) in [5, 5.41) is 15.2. The molecule has 2 amide bonds. The van der Waals surface area contributed by atoms with Gasteiger partial charge in [-0.3, -0.25) is 24.6 Å². The highest BCUT2D eigenvalue weighted by atomic mass is 16.5. The molecule has 0 aromatic heterocycles. The molecular formula is C28H35N3O7. The molecule has 0 saturated carbocycles. The second-order valence-corrected chi connectivity index (χ2v) is 8.99. The summed E-state index contributed by atoms with van der Waals surface area (Å²) in [4.78, 5) is 50.7. The number of nitrogens with one attached hydrogen (secondary N) is 2. The summed E-state index contributed by atoms with van der Waals surface area (Å²) in [6.45, 7) is 1.99. The fourth-order valence-corrected chi connectivity index (χ4v) is 4.36. The number of carboxylic acids is 1. The maximum Gasteiger partial charge on any atom is 0.407 e. The molecule has 0 unspecified atom stereocenters. The van der Waals surface area contributed by atoms with Crippen LogP contribution in [0.4, 0.5) is 10.5 Å². The van der Waals surface area contributed by atoms with Crippen molar-refractivity contribution < 1.29 is 33.8 Å². The molecule has 3 N–H and O–H groups in total. The van der Waals surface area contributed by atoms with Crippen molar-refractivity contribution in [3.63, 3.8) is 0 Å². The van der Waals surface area contributed by atoms with Gasteiger partial charge >= 0.3 is 18.0 Å². The fraction of sp³-hybridized carbons (Fsp3) is 0.429. The Morgan fingerprint density at radius 1 is 1.05 bits per heavy atom. The number of hydrogen-bond donors (Lipinski definition) is 3. The number of ether oxygens (including phenoxy) is 2. The highest BCUT2D eigenvalue weighted by Crippen LogP contribution is 2.27. The van der Waals surface area contributed by atoms with Gasteiger partial charge in [-0.05, 0) is 56.2 Å². The van der Waals surface area contributed by atoms with Crippen LogP contribution in [-0.4, -0.2) is 60.8 Å². The Morgan fingerprint density at radius 3 is 2.53 bits per heavy atom. The SMILES string of the molecule is CCOC(=O)[C@H](CCCCNC(=O)OCc1ccccc1)N[C@H]1CCc2ccccc2N(CC(=O)O)C1=O. The van der Waals surface area contributed by atoms with Crippen molar-refractivity contribution in [2.45, 2.75) is 57.7 Å². The van der Waals surface area contributed by atoms with Gasteiger partial charge in [0.1, 0.15) is 19.2 Å². The Kier molecular flexibility index (Phi) is 11.1. The number of amides is 2. The maximum atomic E-state index is 13.4. The Labute approximate surface area is 222 Å². The third-order valence-electron chi connectivity index (χ3n) is 6.22. The molecule has 1 aliphatic heterocycles. The van der Waals surface area contributed by atoms with E-state index < -0.39 is 42.6 Å². The maximum absolute atomic E-state index is 13.4. The zero-order valence-electron chi connectivity index (χ0n) is 21.6. The van der Waals surface area contributed by atoms with E-state index in [0.29, 0.717) is 44.3 Å². The molecule has 0 aliphatic carbocycles. The van der Waals surface area contributed by atoms with Crippen molar-refractivity contribution in [1.29, 1.82) is 0 Å². The first-order chi connectivity index (χ1) is 18.4. The van der Waals surface area contributed by atoms with Gasteiger partial charge in [-0.15, -0.1) is 0 Å². The molecule has 0 fully saturated rings. The van der Waals surface area contributed by atoms with E-state index in [1.165, 1.54) is 4.90 Å². The number of carbonyl (C=O) groups excluding carboxylic acids is 3. The lowest BCUT2D eigenvalue weighted by molar-refractivity contribution is -0.146. The number of esters is 1. The molecule has 0 radical (unpaired) electrons. The molecule has 10 nitrogen and oxygen atoms in total. The van der Waals surface area contributed by atoms with E-state index >= 15 is 0 Å². The monoisotopic (exact) mass is 525 g/mol. The molecule has 2 aromatic carbocycles. The van der Waals surface area contributed by atoms with Gasteiger partial charge in [0.05, 0.1) is 12.6 Å². The van der Waals surface area contributed by atoms with E-state index in [-0.39, 0.29) is 13.2 Å². The zero-order valence-corrected chi connectivity index (χ0v) is 21.6. The van der Waals surface area contributed by atoms with Crippen molar-refractivity contribution in [3.05, 3.63) is 65.7 Å². The standard InChI is InChI=1S/C28H35N3O7/c1-2-37-27(35)23(13-8-9-17-29-28(36)38-19-20-10-4-3-5-11-20)30-22-16-15-21-12-6-7-14-24(21)31(26(22)34)18-25(32)33/h3-7,10-12,14,22-23,30H,2,8-9,13,15-19H2,1H3,(H,29,36)(H,32,33)/t22-,23-/m0/s1. The number of hydrogen-bond acceptors (Lipinski definition) is 7. The number of alkyl carbamates (subject to hydrolysis) is 1. The van der Waals surface area contributed by atoms with Gasteiger partial charge in [0.15, 0.2) is 0 Å². The number of carboxylic acid groups (broad SMARTS) is 1. The van der Waals surface area contributed by atoms with Gasteiger partial charge in [-0.25, -0.2) is 4.79 Å². The smallest absolute Gasteiger partial charge is 0.407 e. The van der Waals surface area contributed by atoms with Crippen LogP contribution in [-0.2, 0) is 36.9 Å². The molecule has 1 heterocycles. The molecule has 38 heavy (non-hydrogen) atoms. The van der Waals surface area contributed by atoms with E-state index in [2.05, 4.69) is 10.6 Å². The number of para-hydroxylation sites is 1. The summed E-state index contributed by atoms with van der Waals surface area (Å²) in [6, 6.07) is 15.1. The summed E-state index contributed by atoms with van der Waals surface area (Å²) in [7, 11) is 0. The van der Waals surface area contributed by atoms with Crippen LogP contribution in [0.15, 0.2) is 54.6 Å². The van der Waals surface area contributed by atoms with E-state index in [1.54, 1.807) is 19.1 Å². The molecule has 0 saturated heterocycles. The number of fused-ring (bicyclic) bond motifs is 1. The summed E-state index contributed by atoms with van der Waals surface area (Å²) in [5.41, 5.74) is 2.34. The number of unbranched alkanes of at least 4 members (excludes halogenated alkanes) is 1. The molecule has 10 heteroatoms. The second-order valence-electron chi connectivity index (χ2n) is 8.99. The van der Waals surface area contributed by atoms with E-state index in [1.807, 2.05) is 42.5 Å². The average molecular weight is 526 g/mol. The Bertz CT molecular complexity index is 1090. The Morgan fingerprint density at radius 2 is 1.79 bits per heavy atom. The first-order valence-corrected chi connectivity index (χ1v) is 12.9. The van der Waals surface area contributed by atoms with Crippen molar-refractivity contribution in [2.75, 3.05) is 24.6 Å². The van der Waals surface area contributed by atoms with Gasteiger partial charge in [0, 0.05) is 12.2 Å². The number of aliphatic carboxylic acids is 1. The van der Waals surface area contributed by atoms with Gasteiger partial charge in [0.25, 0.3) is 0 Å². The molecule has 0 spiro atoms. The number of rotatable bonds is 13.